The molecule has 0 aliphatic rings. The molecule has 86 valence electrons. The molecule has 0 saturated heterocycles. The van der Waals surface area contributed by atoms with Crippen molar-refractivity contribution in [3.63, 3.8) is 0 Å². The molecule has 2 aromatic heterocycles. The minimum Gasteiger partial charge on any atom is -0.306 e. The van der Waals surface area contributed by atoms with E-state index in [1.54, 1.807) is 0 Å². The number of halogens is 2. The second-order valence-corrected chi connectivity index (χ2v) is 3.36. The number of nitrogens with one attached hydrogen (secondary N) is 1. The molecule has 1 amide bonds. The lowest BCUT2D eigenvalue weighted by atomic mass is 10.2. The van der Waals surface area contributed by atoms with Crippen molar-refractivity contribution < 1.29 is 9.18 Å². The van der Waals surface area contributed by atoms with Crippen molar-refractivity contribution in [1.82, 2.24) is 15.0 Å². The van der Waals surface area contributed by atoms with Crippen molar-refractivity contribution in [3.8, 4) is 0 Å². The number of nitrogens with zero attached hydrogens (tertiary/aromatic N) is 3. The monoisotopic (exact) mass is 252 g/mol. The van der Waals surface area contributed by atoms with E-state index in [9.17, 15) is 9.18 Å². The van der Waals surface area contributed by atoms with Crippen LogP contribution in [-0.4, -0.2) is 20.9 Å². The van der Waals surface area contributed by atoms with Gasteiger partial charge >= 0.3 is 0 Å². The summed E-state index contributed by atoms with van der Waals surface area (Å²) in [6.07, 6.45) is 3.67. The van der Waals surface area contributed by atoms with Crippen molar-refractivity contribution >= 4 is 23.3 Å². The van der Waals surface area contributed by atoms with Crippen molar-refractivity contribution in [3.05, 3.63) is 47.4 Å². The van der Waals surface area contributed by atoms with Gasteiger partial charge < -0.3 is 5.32 Å². The Labute approximate surface area is 101 Å². The van der Waals surface area contributed by atoms with Gasteiger partial charge in [-0.15, -0.1) is 0 Å². The predicted octanol–water partition coefficient (Wildman–Crippen LogP) is 1.92. The van der Waals surface area contributed by atoms with Gasteiger partial charge in [0, 0.05) is 12.4 Å². The highest BCUT2D eigenvalue weighted by Crippen LogP contribution is 2.10. The van der Waals surface area contributed by atoms with Crippen molar-refractivity contribution in [2.24, 2.45) is 0 Å². The van der Waals surface area contributed by atoms with E-state index in [0.29, 0.717) is 0 Å². The fraction of sp³-hybridized carbons (Fsp3) is 0. The summed E-state index contributed by atoms with van der Waals surface area (Å²) in [6.45, 7) is 0. The first-order valence-corrected chi connectivity index (χ1v) is 4.94. The zero-order valence-corrected chi connectivity index (χ0v) is 9.15. The number of anilines is 1. The van der Waals surface area contributed by atoms with Gasteiger partial charge in [0.05, 0.1) is 11.8 Å². The number of amides is 1. The van der Waals surface area contributed by atoms with Gasteiger partial charge in [0.25, 0.3) is 5.91 Å². The number of carbonyl (C=O) groups excluding carboxylic acids is 1. The number of aromatic nitrogens is 3. The Balaban J connectivity index is 2.20. The summed E-state index contributed by atoms with van der Waals surface area (Å²) in [7, 11) is 0. The molecule has 2 aromatic rings. The number of rotatable bonds is 2. The van der Waals surface area contributed by atoms with Gasteiger partial charge in [0.15, 0.2) is 5.82 Å². The highest BCUT2D eigenvalue weighted by molar-refractivity contribution is 6.28. The second-order valence-electron chi connectivity index (χ2n) is 3.02. The number of carbonyl (C=O) groups is 1. The number of pyridine rings is 1. The molecule has 5 nitrogen and oxygen atoms in total. The largest absolute Gasteiger partial charge is 0.306 e. The Morgan fingerprint density at radius 3 is 2.88 bits per heavy atom. The Morgan fingerprint density at radius 1 is 1.35 bits per heavy atom. The van der Waals surface area contributed by atoms with Gasteiger partial charge in [-0.3, -0.25) is 9.78 Å². The lowest BCUT2D eigenvalue weighted by Gasteiger charge is -2.04. The van der Waals surface area contributed by atoms with E-state index in [4.69, 9.17) is 11.6 Å². The molecule has 0 unspecified atom stereocenters. The van der Waals surface area contributed by atoms with Gasteiger partial charge in [0.2, 0.25) is 5.28 Å². The summed E-state index contributed by atoms with van der Waals surface area (Å²) < 4.78 is 13.2. The summed E-state index contributed by atoms with van der Waals surface area (Å²) in [4.78, 5) is 22.6. The second kappa shape index (κ2) is 4.84. The van der Waals surface area contributed by atoms with E-state index in [1.165, 1.54) is 24.5 Å². The third-order valence-electron chi connectivity index (χ3n) is 1.88. The first-order chi connectivity index (χ1) is 8.16. The number of hydrogen-bond donors (Lipinski definition) is 1. The van der Waals surface area contributed by atoms with Gasteiger partial charge in [0.1, 0.15) is 5.82 Å². The van der Waals surface area contributed by atoms with Crippen LogP contribution in [0.1, 0.15) is 10.4 Å². The summed E-state index contributed by atoms with van der Waals surface area (Å²) in [5.74, 6) is -1.13. The van der Waals surface area contributed by atoms with E-state index in [1.807, 2.05) is 0 Å². The van der Waals surface area contributed by atoms with E-state index in [0.717, 1.165) is 6.20 Å². The molecule has 0 radical (unpaired) electrons. The first kappa shape index (κ1) is 11.4. The Kier molecular flexibility index (Phi) is 3.24. The standard InChI is InChI=1S/C10H6ClFN4O/c11-10-14-4-2-8(16-10)15-9(17)6-1-3-13-5-7(6)12/h1-5H,(H,14,15,16,17). The molecule has 0 atom stereocenters. The molecule has 2 heterocycles. The third kappa shape index (κ3) is 2.73. The maximum atomic E-state index is 13.2. The van der Waals surface area contributed by atoms with Gasteiger partial charge in [-0.1, -0.05) is 0 Å². The van der Waals surface area contributed by atoms with Crippen molar-refractivity contribution in [1.29, 1.82) is 0 Å². The Hall–Kier alpha value is -2.08. The summed E-state index contributed by atoms with van der Waals surface area (Å²) in [5, 5.41) is 2.40. The highest BCUT2D eigenvalue weighted by atomic mass is 35.5. The SMILES string of the molecule is O=C(Nc1ccnc(Cl)n1)c1ccncc1F. The quantitative estimate of drug-likeness (QED) is 0.829. The molecule has 0 spiro atoms. The average Bonchev–Trinajstić information content (AvgIpc) is 2.29. The topological polar surface area (TPSA) is 67.8 Å². The van der Waals surface area contributed by atoms with Crippen LogP contribution in [0.4, 0.5) is 10.2 Å². The zero-order chi connectivity index (χ0) is 12.3. The fourth-order valence-corrected chi connectivity index (χ4v) is 1.29. The van der Waals surface area contributed by atoms with Crippen LogP contribution in [0.25, 0.3) is 0 Å². The van der Waals surface area contributed by atoms with Crippen LogP contribution in [0.2, 0.25) is 5.28 Å². The van der Waals surface area contributed by atoms with Crippen LogP contribution in [0.15, 0.2) is 30.7 Å². The summed E-state index contributed by atoms with van der Waals surface area (Å²) in [6, 6.07) is 2.72. The molecule has 2 rings (SSSR count). The van der Waals surface area contributed by atoms with Crippen molar-refractivity contribution in [2.75, 3.05) is 5.32 Å². The minimum absolute atomic E-state index is 0.00185. The molecule has 17 heavy (non-hydrogen) atoms. The molecule has 0 aliphatic carbocycles. The van der Waals surface area contributed by atoms with E-state index < -0.39 is 11.7 Å². The molecule has 0 fully saturated rings. The Bertz CT molecular complexity index is 564. The zero-order valence-electron chi connectivity index (χ0n) is 8.39. The van der Waals surface area contributed by atoms with E-state index in [2.05, 4.69) is 20.3 Å². The first-order valence-electron chi connectivity index (χ1n) is 4.56. The molecule has 7 heteroatoms. The molecule has 0 bridgehead atoms. The van der Waals surface area contributed by atoms with Crippen LogP contribution >= 0.6 is 11.6 Å². The third-order valence-corrected chi connectivity index (χ3v) is 2.07. The van der Waals surface area contributed by atoms with Crippen LogP contribution in [0.5, 0.6) is 0 Å². The van der Waals surface area contributed by atoms with Crippen LogP contribution in [0, 0.1) is 5.82 Å². The lowest BCUT2D eigenvalue weighted by molar-refractivity contribution is 0.102. The van der Waals surface area contributed by atoms with Gasteiger partial charge in [-0.05, 0) is 23.7 Å². The molecular formula is C10H6ClFN4O. The maximum Gasteiger partial charge on any atom is 0.259 e. The average molecular weight is 253 g/mol. The molecule has 0 saturated carbocycles. The minimum atomic E-state index is -0.704. The van der Waals surface area contributed by atoms with Crippen LogP contribution in [0.3, 0.4) is 0 Å². The van der Waals surface area contributed by atoms with E-state index in [-0.39, 0.29) is 16.7 Å². The van der Waals surface area contributed by atoms with Crippen molar-refractivity contribution in [2.45, 2.75) is 0 Å². The fourth-order valence-electron chi connectivity index (χ4n) is 1.15. The molecule has 0 aromatic carbocycles. The Morgan fingerprint density at radius 2 is 2.18 bits per heavy atom. The van der Waals surface area contributed by atoms with Gasteiger partial charge in [-0.2, -0.15) is 0 Å². The highest BCUT2D eigenvalue weighted by Gasteiger charge is 2.12. The summed E-state index contributed by atoms with van der Waals surface area (Å²) >= 11 is 5.55. The predicted molar refractivity (Wildman–Crippen MR) is 59.2 cm³/mol. The van der Waals surface area contributed by atoms with Crippen LogP contribution in [-0.2, 0) is 0 Å². The lowest BCUT2D eigenvalue weighted by Crippen LogP contribution is -2.14. The molecular weight excluding hydrogens is 247 g/mol. The molecule has 1 N–H and O–H groups in total. The normalized spacial score (nSPS) is 10.0. The maximum absolute atomic E-state index is 13.2. The smallest absolute Gasteiger partial charge is 0.259 e. The van der Waals surface area contributed by atoms with Gasteiger partial charge in [-0.25, -0.2) is 14.4 Å². The number of hydrogen-bond acceptors (Lipinski definition) is 4. The van der Waals surface area contributed by atoms with Crippen LogP contribution < -0.4 is 5.32 Å². The molecule has 0 aliphatic heterocycles. The summed E-state index contributed by atoms with van der Waals surface area (Å²) in [5.41, 5.74) is -0.116. The van der Waals surface area contributed by atoms with E-state index >= 15 is 0 Å².